The Morgan fingerprint density at radius 2 is 1.47 bits per heavy atom. The van der Waals surface area contributed by atoms with Crippen molar-refractivity contribution in [3.05, 3.63) is 84.1 Å². The molecule has 4 rings (SSSR count). The number of aromatic nitrogens is 2. The SMILES string of the molecule is CN(C)c1cnnc(N2CCN(C(=O)C(c3ccccc3)c3ccccc3)CC2)c1. The summed E-state index contributed by atoms with van der Waals surface area (Å²) in [5, 5.41) is 8.42. The number of benzene rings is 2. The van der Waals surface area contributed by atoms with Gasteiger partial charge in [0, 0.05) is 46.3 Å². The van der Waals surface area contributed by atoms with Crippen LogP contribution in [-0.2, 0) is 4.79 Å². The first-order valence-corrected chi connectivity index (χ1v) is 10.3. The molecule has 1 aliphatic heterocycles. The largest absolute Gasteiger partial charge is 0.376 e. The Kier molecular flexibility index (Phi) is 5.93. The van der Waals surface area contributed by atoms with Crippen molar-refractivity contribution in [2.75, 3.05) is 50.1 Å². The van der Waals surface area contributed by atoms with E-state index in [1.807, 2.05) is 90.6 Å². The van der Waals surface area contributed by atoms with Crippen LogP contribution in [0.1, 0.15) is 17.0 Å². The summed E-state index contributed by atoms with van der Waals surface area (Å²) in [4.78, 5) is 19.7. The number of carbonyl (C=O) groups excluding carboxylic acids is 1. The molecule has 0 unspecified atom stereocenters. The van der Waals surface area contributed by atoms with Gasteiger partial charge in [-0.3, -0.25) is 4.79 Å². The molecule has 6 nitrogen and oxygen atoms in total. The maximum absolute atomic E-state index is 13.6. The molecule has 1 amide bonds. The number of hydrogen-bond acceptors (Lipinski definition) is 5. The summed E-state index contributed by atoms with van der Waals surface area (Å²) >= 11 is 0. The molecule has 2 heterocycles. The first-order chi connectivity index (χ1) is 14.6. The highest BCUT2D eigenvalue weighted by Gasteiger charge is 2.30. The zero-order valence-corrected chi connectivity index (χ0v) is 17.5. The first kappa shape index (κ1) is 19.9. The van der Waals surface area contributed by atoms with Crippen LogP contribution in [0.3, 0.4) is 0 Å². The lowest BCUT2D eigenvalue weighted by Crippen LogP contribution is -2.50. The zero-order chi connectivity index (χ0) is 20.9. The second-order valence-electron chi connectivity index (χ2n) is 7.73. The van der Waals surface area contributed by atoms with Crippen LogP contribution in [0.5, 0.6) is 0 Å². The molecule has 1 saturated heterocycles. The summed E-state index contributed by atoms with van der Waals surface area (Å²) in [7, 11) is 3.98. The van der Waals surface area contributed by atoms with Gasteiger partial charge in [-0.1, -0.05) is 60.7 Å². The molecule has 3 aromatic rings. The minimum Gasteiger partial charge on any atom is -0.376 e. The second-order valence-corrected chi connectivity index (χ2v) is 7.73. The molecule has 0 spiro atoms. The maximum Gasteiger partial charge on any atom is 0.234 e. The van der Waals surface area contributed by atoms with Gasteiger partial charge in [0.05, 0.1) is 17.8 Å². The maximum atomic E-state index is 13.6. The van der Waals surface area contributed by atoms with E-state index in [1.54, 1.807) is 6.20 Å². The Bertz CT molecular complexity index is 930. The monoisotopic (exact) mass is 401 g/mol. The third kappa shape index (κ3) is 4.27. The van der Waals surface area contributed by atoms with Crippen LogP contribution in [0.2, 0.25) is 0 Å². The molecule has 0 saturated carbocycles. The smallest absolute Gasteiger partial charge is 0.234 e. The standard InChI is InChI=1S/C24H27N5O/c1-27(2)21-17-22(26-25-18-21)28-13-15-29(16-14-28)24(30)23(19-9-5-3-6-10-19)20-11-7-4-8-12-20/h3-12,17-18,23H,13-16H2,1-2H3. The summed E-state index contributed by atoms with van der Waals surface area (Å²) in [6.07, 6.45) is 1.76. The van der Waals surface area contributed by atoms with E-state index < -0.39 is 0 Å². The van der Waals surface area contributed by atoms with Gasteiger partial charge in [-0.05, 0) is 11.1 Å². The molecule has 0 aliphatic carbocycles. The summed E-state index contributed by atoms with van der Waals surface area (Å²) < 4.78 is 0. The number of nitrogens with zero attached hydrogens (tertiary/aromatic N) is 5. The Balaban J connectivity index is 1.50. The van der Waals surface area contributed by atoms with Gasteiger partial charge in [0.1, 0.15) is 0 Å². The summed E-state index contributed by atoms with van der Waals surface area (Å²) in [6, 6.07) is 22.1. The van der Waals surface area contributed by atoms with E-state index in [0.29, 0.717) is 13.1 Å². The van der Waals surface area contributed by atoms with Crippen molar-refractivity contribution in [3.63, 3.8) is 0 Å². The molecule has 1 aromatic heterocycles. The Labute approximate surface area is 177 Å². The summed E-state index contributed by atoms with van der Waals surface area (Å²) in [6.45, 7) is 2.83. The number of piperazine rings is 1. The van der Waals surface area contributed by atoms with Gasteiger partial charge < -0.3 is 14.7 Å². The highest BCUT2D eigenvalue weighted by molar-refractivity contribution is 5.87. The Morgan fingerprint density at radius 3 is 2.00 bits per heavy atom. The van der Waals surface area contributed by atoms with Crippen LogP contribution in [0.4, 0.5) is 11.5 Å². The molecular weight excluding hydrogens is 374 g/mol. The minimum atomic E-state index is -0.282. The first-order valence-electron chi connectivity index (χ1n) is 10.3. The lowest BCUT2D eigenvalue weighted by molar-refractivity contribution is -0.132. The molecule has 1 fully saturated rings. The molecule has 0 radical (unpaired) electrons. The Hall–Kier alpha value is -3.41. The van der Waals surface area contributed by atoms with Crippen LogP contribution in [0.15, 0.2) is 72.9 Å². The van der Waals surface area contributed by atoms with Crippen LogP contribution < -0.4 is 9.80 Å². The minimum absolute atomic E-state index is 0.153. The van der Waals surface area contributed by atoms with Crippen molar-refractivity contribution in [1.29, 1.82) is 0 Å². The van der Waals surface area contributed by atoms with E-state index >= 15 is 0 Å². The number of rotatable bonds is 5. The third-order valence-corrected chi connectivity index (χ3v) is 5.57. The topological polar surface area (TPSA) is 52.6 Å². The van der Waals surface area contributed by atoms with Crippen LogP contribution >= 0.6 is 0 Å². The van der Waals surface area contributed by atoms with E-state index in [0.717, 1.165) is 35.7 Å². The van der Waals surface area contributed by atoms with E-state index in [-0.39, 0.29) is 11.8 Å². The van der Waals surface area contributed by atoms with E-state index in [9.17, 15) is 4.79 Å². The lowest BCUT2D eigenvalue weighted by Gasteiger charge is -2.37. The highest BCUT2D eigenvalue weighted by atomic mass is 16.2. The fourth-order valence-corrected chi connectivity index (χ4v) is 3.85. The van der Waals surface area contributed by atoms with Crippen molar-refractivity contribution in [2.45, 2.75) is 5.92 Å². The number of amides is 1. The molecule has 0 N–H and O–H groups in total. The van der Waals surface area contributed by atoms with Gasteiger partial charge in [0.15, 0.2) is 5.82 Å². The number of carbonyl (C=O) groups is 1. The van der Waals surface area contributed by atoms with Crippen molar-refractivity contribution >= 4 is 17.4 Å². The van der Waals surface area contributed by atoms with Gasteiger partial charge in [-0.2, -0.15) is 5.10 Å². The highest BCUT2D eigenvalue weighted by Crippen LogP contribution is 2.28. The van der Waals surface area contributed by atoms with E-state index in [2.05, 4.69) is 15.1 Å². The predicted octanol–water partition coefficient (Wildman–Crippen LogP) is 3.02. The zero-order valence-electron chi connectivity index (χ0n) is 17.5. The molecule has 2 aromatic carbocycles. The van der Waals surface area contributed by atoms with Crippen molar-refractivity contribution < 1.29 is 4.79 Å². The van der Waals surface area contributed by atoms with Gasteiger partial charge in [-0.15, -0.1) is 5.10 Å². The second kappa shape index (κ2) is 8.95. The lowest BCUT2D eigenvalue weighted by atomic mass is 9.90. The molecule has 154 valence electrons. The predicted molar refractivity (Wildman–Crippen MR) is 120 cm³/mol. The van der Waals surface area contributed by atoms with Crippen LogP contribution in [0.25, 0.3) is 0 Å². The number of anilines is 2. The molecule has 1 aliphatic rings. The molecule has 0 bridgehead atoms. The van der Waals surface area contributed by atoms with Gasteiger partial charge >= 0.3 is 0 Å². The van der Waals surface area contributed by atoms with Gasteiger partial charge in [0.25, 0.3) is 0 Å². The van der Waals surface area contributed by atoms with Crippen LogP contribution in [-0.4, -0.2) is 61.3 Å². The average molecular weight is 402 g/mol. The molecule has 6 heteroatoms. The van der Waals surface area contributed by atoms with Crippen LogP contribution in [0, 0.1) is 0 Å². The summed E-state index contributed by atoms with van der Waals surface area (Å²) in [5.41, 5.74) is 3.08. The van der Waals surface area contributed by atoms with E-state index in [4.69, 9.17) is 0 Å². The normalized spacial score (nSPS) is 14.1. The van der Waals surface area contributed by atoms with Crippen molar-refractivity contribution in [2.24, 2.45) is 0 Å². The van der Waals surface area contributed by atoms with Gasteiger partial charge in [-0.25, -0.2) is 0 Å². The third-order valence-electron chi connectivity index (χ3n) is 5.57. The van der Waals surface area contributed by atoms with Crippen molar-refractivity contribution in [1.82, 2.24) is 15.1 Å². The van der Waals surface area contributed by atoms with E-state index in [1.165, 1.54) is 0 Å². The number of hydrogen-bond donors (Lipinski definition) is 0. The fourth-order valence-electron chi connectivity index (χ4n) is 3.85. The molecule has 0 atom stereocenters. The molecular formula is C24H27N5O. The average Bonchev–Trinajstić information content (AvgIpc) is 2.81. The molecule has 30 heavy (non-hydrogen) atoms. The Morgan fingerprint density at radius 1 is 0.900 bits per heavy atom. The van der Waals surface area contributed by atoms with Gasteiger partial charge in [0.2, 0.25) is 5.91 Å². The van der Waals surface area contributed by atoms with Crippen molar-refractivity contribution in [3.8, 4) is 0 Å². The fraction of sp³-hybridized carbons (Fsp3) is 0.292. The quantitative estimate of drug-likeness (QED) is 0.658. The summed E-state index contributed by atoms with van der Waals surface area (Å²) in [5.74, 6) is 0.729.